The lowest BCUT2D eigenvalue weighted by atomic mass is 10.1. The van der Waals surface area contributed by atoms with Gasteiger partial charge in [0.1, 0.15) is 6.29 Å². The largest absolute Gasteiger partial charge is 0.328 e. The lowest BCUT2D eigenvalue weighted by Crippen LogP contribution is -2.30. The molecule has 0 aliphatic carbocycles. The van der Waals surface area contributed by atoms with Crippen LogP contribution in [0, 0.1) is 0 Å². The van der Waals surface area contributed by atoms with Gasteiger partial charge in [0.15, 0.2) is 0 Å². The van der Waals surface area contributed by atoms with Crippen LogP contribution in [0.5, 0.6) is 0 Å². The van der Waals surface area contributed by atoms with Gasteiger partial charge in [0, 0.05) is 23.9 Å². The van der Waals surface area contributed by atoms with Crippen molar-refractivity contribution in [3.8, 4) is 0 Å². The molecule has 4 nitrogen and oxygen atoms in total. The van der Waals surface area contributed by atoms with Crippen molar-refractivity contribution in [3.63, 3.8) is 0 Å². The third-order valence-electron chi connectivity index (χ3n) is 4.02. The van der Waals surface area contributed by atoms with E-state index in [-0.39, 0.29) is 5.91 Å². The van der Waals surface area contributed by atoms with Gasteiger partial charge in [-0.25, -0.2) is 0 Å². The van der Waals surface area contributed by atoms with Crippen molar-refractivity contribution < 1.29 is 9.59 Å². The highest BCUT2D eigenvalue weighted by Gasteiger charge is 2.18. The van der Waals surface area contributed by atoms with Gasteiger partial charge in [0.2, 0.25) is 0 Å². The Balaban J connectivity index is 1.88. The molecule has 0 saturated carbocycles. The third kappa shape index (κ3) is 4.94. The minimum Gasteiger partial charge on any atom is -0.328 e. The standard InChI is InChI=1S/C21H16Cl2N2O2/c22-19-9-6-16(11-20(19)23)12-25(13-18-3-1-2-10-24-18)21(27)17-7-4-15(14-26)5-8-17/h1-11,14H,12-13H2. The van der Waals surface area contributed by atoms with Crippen molar-refractivity contribution in [2.75, 3.05) is 0 Å². The van der Waals surface area contributed by atoms with Gasteiger partial charge < -0.3 is 4.90 Å². The highest BCUT2D eigenvalue weighted by atomic mass is 35.5. The molecule has 136 valence electrons. The van der Waals surface area contributed by atoms with Crippen LogP contribution in [0.4, 0.5) is 0 Å². The number of nitrogens with zero attached hydrogens (tertiary/aromatic N) is 2. The van der Waals surface area contributed by atoms with Crippen LogP contribution in [0.2, 0.25) is 10.0 Å². The number of benzene rings is 2. The van der Waals surface area contributed by atoms with E-state index in [1.807, 2.05) is 24.3 Å². The summed E-state index contributed by atoms with van der Waals surface area (Å²) in [7, 11) is 0. The van der Waals surface area contributed by atoms with E-state index in [0.717, 1.165) is 17.5 Å². The van der Waals surface area contributed by atoms with Crippen LogP contribution in [-0.2, 0) is 13.1 Å². The lowest BCUT2D eigenvalue weighted by Gasteiger charge is -2.23. The fraction of sp³-hybridized carbons (Fsp3) is 0.0952. The molecule has 27 heavy (non-hydrogen) atoms. The molecule has 3 aromatic rings. The summed E-state index contributed by atoms with van der Waals surface area (Å²) in [6.45, 7) is 0.692. The molecule has 0 unspecified atom stereocenters. The summed E-state index contributed by atoms with van der Waals surface area (Å²) in [4.78, 5) is 29.9. The van der Waals surface area contributed by atoms with E-state index >= 15 is 0 Å². The molecule has 0 atom stereocenters. The fourth-order valence-corrected chi connectivity index (χ4v) is 2.95. The van der Waals surface area contributed by atoms with Crippen molar-refractivity contribution in [2.45, 2.75) is 13.1 Å². The van der Waals surface area contributed by atoms with E-state index in [4.69, 9.17) is 23.2 Å². The van der Waals surface area contributed by atoms with Crippen molar-refractivity contribution in [1.29, 1.82) is 0 Å². The molecule has 3 rings (SSSR count). The topological polar surface area (TPSA) is 50.3 Å². The van der Waals surface area contributed by atoms with E-state index in [9.17, 15) is 9.59 Å². The molecule has 0 radical (unpaired) electrons. The summed E-state index contributed by atoms with van der Waals surface area (Å²) in [5.74, 6) is -0.163. The summed E-state index contributed by atoms with van der Waals surface area (Å²) in [5.41, 5.74) is 2.65. The van der Waals surface area contributed by atoms with Gasteiger partial charge in [0.25, 0.3) is 5.91 Å². The first-order valence-corrected chi connectivity index (χ1v) is 9.01. The molecular weight excluding hydrogens is 383 g/mol. The summed E-state index contributed by atoms with van der Waals surface area (Å²) in [6.07, 6.45) is 2.44. The van der Waals surface area contributed by atoms with E-state index in [1.54, 1.807) is 47.5 Å². The Morgan fingerprint density at radius 1 is 0.963 bits per heavy atom. The minimum absolute atomic E-state index is 0.163. The third-order valence-corrected chi connectivity index (χ3v) is 4.76. The molecule has 6 heteroatoms. The highest BCUT2D eigenvalue weighted by molar-refractivity contribution is 6.42. The van der Waals surface area contributed by atoms with Crippen LogP contribution in [-0.4, -0.2) is 22.1 Å². The Kier molecular flexibility index (Phi) is 6.22. The Morgan fingerprint density at radius 3 is 2.37 bits per heavy atom. The molecular formula is C21H16Cl2N2O2. The number of rotatable bonds is 6. The molecule has 0 spiro atoms. The highest BCUT2D eigenvalue weighted by Crippen LogP contribution is 2.24. The molecule has 0 fully saturated rings. The number of hydrogen-bond donors (Lipinski definition) is 0. The number of carbonyl (C=O) groups excluding carboxylic acids is 2. The number of halogens is 2. The smallest absolute Gasteiger partial charge is 0.254 e. The molecule has 1 heterocycles. The van der Waals surface area contributed by atoms with Crippen molar-refractivity contribution in [2.24, 2.45) is 0 Å². The van der Waals surface area contributed by atoms with Gasteiger partial charge in [-0.2, -0.15) is 0 Å². The summed E-state index contributed by atoms with van der Waals surface area (Å²) < 4.78 is 0. The number of aromatic nitrogens is 1. The fourth-order valence-electron chi connectivity index (χ4n) is 2.63. The quantitative estimate of drug-likeness (QED) is 0.546. The normalized spacial score (nSPS) is 10.4. The second-order valence-electron chi connectivity index (χ2n) is 5.97. The average Bonchev–Trinajstić information content (AvgIpc) is 2.70. The van der Waals surface area contributed by atoms with Crippen LogP contribution >= 0.6 is 23.2 Å². The average molecular weight is 399 g/mol. The first-order valence-electron chi connectivity index (χ1n) is 8.25. The van der Waals surface area contributed by atoms with Crippen LogP contribution < -0.4 is 0 Å². The predicted molar refractivity (Wildman–Crippen MR) is 106 cm³/mol. The minimum atomic E-state index is -0.163. The van der Waals surface area contributed by atoms with E-state index in [2.05, 4.69) is 4.98 Å². The first kappa shape index (κ1) is 19.1. The molecule has 0 bridgehead atoms. The second-order valence-corrected chi connectivity index (χ2v) is 6.79. The molecule has 0 aliphatic rings. The molecule has 2 aromatic carbocycles. The van der Waals surface area contributed by atoms with Crippen molar-refractivity contribution in [3.05, 3.63) is 99.3 Å². The Hall–Kier alpha value is -2.69. The zero-order chi connectivity index (χ0) is 19.2. The zero-order valence-corrected chi connectivity index (χ0v) is 15.8. The van der Waals surface area contributed by atoms with Crippen molar-refractivity contribution >= 4 is 35.4 Å². The van der Waals surface area contributed by atoms with E-state index in [1.165, 1.54) is 0 Å². The first-order chi connectivity index (χ1) is 13.1. The van der Waals surface area contributed by atoms with Crippen LogP contribution in [0.3, 0.4) is 0 Å². The molecule has 1 amide bonds. The van der Waals surface area contributed by atoms with E-state index < -0.39 is 0 Å². The number of amides is 1. The van der Waals surface area contributed by atoms with Gasteiger partial charge in [-0.1, -0.05) is 47.5 Å². The van der Waals surface area contributed by atoms with Gasteiger partial charge >= 0.3 is 0 Å². The monoisotopic (exact) mass is 398 g/mol. The molecule has 0 aliphatic heterocycles. The number of carbonyl (C=O) groups is 2. The van der Waals surface area contributed by atoms with Crippen LogP contribution in [0.1, 0.15) is 32.0 Å². The Morgan fingerprint density at radius 2 is 1.74 bits per heavy atom. The maximum atomic E-state index is 13.1. The van der Waals surface area contributed by atoms with Crippen LogP contribution in [0.15, 0.2) is 66.9 Å². The zero-order valence-electron chi connectivity index (χ0n) is 14.3. The summed E-state index contributed by atoms with van der Waals surface area (Å²) in [6, 6.07) is 17.4. The van der Waals surface area contributed by atoms with Gasteiger partial charge in [-0.15, -0.1) is 0 Å². The molecule has 0 saturated heterocycles. The number of hydrogen-bond acceptors (Lipinski definition) is 3. The van der Waals surface area contributed by atoms with E-state index in [0.29, 0.717) is 34.3 Å². The maximum Gasteiger partial charge on any atom is 0.254 e. The lowest BCUT2D eigenvalue weighted by molar-refractivity contribution is 0.0727. The number of aldehydes is 1. The summed E-state index contributed by atoms with van der Waals surface area (Å²) in [5, 5.41) is 0.905. The predicted octanol–water partition coefficient (Wildman–Crippen LogP) is 5.04. The van der Waals surface area contributed by atoms with Crippen molar-refractivity contribution in [1.82, 2.24) is 9.88 Å². The second kappa shape index (κ2) is 8.80. The van der Waals surface area contributed by atoms with Crippen LogP contribution in [0.25, 0.3) is 0 Å². The van der Waals surface area contributed by atoms with Gasteiger partial charge in [0.05, 0.1) is 22.3 Å². The van der Waals surface area contributed by atoms with Gasteiger partial charge in [-0.05, 0) is 42.0 Å². The SMILES string of the molecule is O=Cc1ccc(C(=O)N(Cc2ccc(Cl)c(Cl)c2)Cc2ccccn2)cc1. The molecule has 0 N–H and O–H groups in total. The summed E-state index contributed by atoms with van der Waals surface area (Å²) >= 11 is 12.1. The Bertz CT molecular complexity index is 944. The molecule has 1 aromatic heterocycles. The Labute approximate surface area is 167 Å². The maximum absolute atomic E-state index is 13.1. The number of pyridine rings is 1. The van der Waals surface area contributed by atoms with Gasteiger partial charge in [-0.3, -0.25) is 14.6 Å².